The number of hydrogen-bond donors (Lipinski definition) is 0. The fourth-order valence-corrected chi connectivity index (χ4v) is 4.39. The predicted molar refractivity (Wildman–Crippen MR) is 132 cm³/mol. The van der Waals surface area contributed by atoms with Gasteiger partial charge in [-0.15, -0.1) is 0 Å². The Labute approximate surface area is 189 Å². The number of methoxy groups -OCH3 is 1. The highest BCUT2D eigenvalue weighted by molar-refractivity contribution is 5.91. The van der Waals surface area contributed by atoms with Crippen molar-refractivity contribution in [2.24, 2.45) is 13.0 Å². The third kappa shape index (κ3) is 3.99. The molecule has 0 bridgehead atoms. The number of aryl methyl sites for hydroxylation is 2. The Balaban J connectivity index is 1.79. The van der Waals surface area contributed by atoms with Crippen LogP contribution in [0.4, 0.5) is 5.69 Å². The standard InChI is InChI=1S/C27H32N2O3/c1-18(2)14-16-32-26-24(31-5)13-12-21-17-22(27(30)28(4)25(21)26)19(3)29-15-8-10-20-9-6-7-11-23(20)29/h6-7,9,11-13,17-18H,3,8,10,14-16H2,1-2,4-5H3. The van der Waals surface area contributed by atoms with Gasteiger partial charge in [0.2, 0.25) is 0 Å². The van der Waals surface area contributed by atoms with Gasteiger partial charge < -0.3 is 18.9 Å². The zero-order chi connectivity index (χ0) is 22.8. The molecule has 32 heavy (non-hydrogen) atoms. The van der Waals surface area contributed by atoms with Gasteiger partial charge in [0.05, 0.1) is 24.8 Å². The molecule has 5 heteroatoms. The second-order valence-corrected chi connectivity index (χ2v) is 8.82. The van der Waals surface area contributed by atoms with Crippen LogP contribution in [0.1, 0.15) is 37.8 Å². The summed E-state index contributed by atoms with van der Waals surface area (Å²) in [6, 6.07) is 14.2. The smallest absolute Gasteiger partial charge is 0.260 e. The molecule has 0 fully saturated rings. The van der Waals surface area contributed by atoms with E-state index < -0.39 is 0 Å². The minimum Gasteiger partial charge on any atom is -0.493 e. The first-order chi connectivity index (χ1) is 15.4. The molecule has 0 aliphatic carbocycles. The highest BCUT2D eigenvalue weighted by atomic mass is 16.5. The summed E-state index contributed by atoms with van der Waals surface area (Å²) in [5, 5.41) is 0.925. The van der Waals surface area contributed by atoms with Gasteiger partial charge in [0.25, 0.3) is 5.56 Å². The first-order valence-electron chi connectivity index (χ1n) is 11.3. The zero-order valence-electron chi connectivity index (χ0n) is 19.5. The Hall–Kier alpha value is -3.21. The van der Waals surface area contributed by atoms with E-state index in [2.05, 4.69) is 43.5 Å². The van der Waals surface area contributed by atoms with Crippen LogP contribution in [0.2, 0.25) is 0 Å². The summed E-state index contributed by atoms with van der Waals surface area (Å²) < 4.78 is 13.4. The van der Waals surface area contributed by atoms with Crippen LogP contribution in [0.3, 0.4) is 0 Å². The van der Waals surface area contributed by atoms with E-state index in [1.165, 1.54) is 5.56 Å². The lowest BCUT2D eigenvalue weighted by Crippen LogP contribution is -2.31. The summed E-state index contributed by atoms with van der Waals surface area (Å²) in [4.78, 5) is 15.7. The van der Waals surface area contributed by atoms with E-state index in [4.69, 9.17) is 9.47 Å². The van der Waals surface area contributed by atoms with Gasteiger partial charge in [-0.1, -0.05) is 38.6 Å². The van der Waals surface area contributed by atoms with Crippen molar-refractivity contribution in [1.82, 2.24) is 4.57 Å². The maximum absolute atomic E-state index is 13.5. The molecular weight excluding hydrogens is 400 g/mol. The Kier molecular flexibility index (Phi) is 6.26. The van der Waals surface area contributed by atoms with E-state index in [1.54, 1.807) is 18.7 Å². The molecule has 5 nitrogen and oxygen atoms in total. The van der Waals surface area contributed by atoms with Gasteiger partial charge in [-0.3, -0.25) is 4.79 Å². The minimum atomic E-state index is -0.0903. The van der Waals surface area contributed by atoms with Gasteiger partial charge in [-0.25, -0.2) is 0 Å². The lowest BCUT2D eigenvalue weighted by atomic mass is 9.99. The summed E-state index contributed by atoms with van der Waals surface area (Å²) in [5.41, 5.74) is 4.43. The maximum Gasteiger partial charge on any atom is 0.260 e. The van der Waals surface area contributed by atoms with Crippen molar-refractivity contribution in [3.05, 3.63) is 70.5 Å². The molecule has 0 unspecified atom stereocenters. The van der Waals surface area contributed by atoms with Gasteiger partial charge in [-0.2, -0.15) is 0 Å². The monoisotopic (exact) mass is 432 g/mol. The van der Waals surface area contributed by atoms with E-state index >= 15 is 0 Å². The van der Waals surface area contributed by atoms with Crippen LogP contribution in [0.15, 0.2) is 53.8 Å². The normalized spacial score (nSPS) is 13.3. The van der Waals surface area contributed by atoms with Crippen LogP contribution < -0.4 is 19.9 Å². The highest BCUT2D eigenvalue weighted by Crippen LogP contribution is 2.37. The average molecular weight is 433 g/mol. The highest BCUT2D eigenvalue weighted by Gasteiger charge is 2.23. The lowest BCUT2D eigenvalue weighted by Gasteiger charge is -2.32. The van der Waals surface area contributed by atoms with Crippen molar-refractivity contribution >= 4 is 22.3 Å². The number of fused-ring (bicyclic) bond motifs is 2. The molecule has 1 aliphatic rings. The molecule has 3 aromatic rings. The van der Waals surface area contributed by atoms with Gasteiger partial charge in [-0.05, 0) is 55.0 Å². The second kappa shape index (κ2) is 9.11. The fraction of sp³-hybridized carbons (Fsp3) is 0.370. The van der Waals surface area contributed by atoms with Crippen LogP contribution >= 0.6 is 0 Å². The molecule has 0 atom stereocenters. The van der Waals surface area contributed by atoms with Crippen molar-refractivity contribution in [2.45, 2.75) is 33.1 Å². The van der Waals surface area contributed by atoms with Crippen LogP contribution in [-0.4, -0.2) is 24.8 Å². The molecule has 0 spiro atoms. The van der Waals surface area contributed by atoms with E-state index in [9.17, 15) is 4.79 Å². The van der Waals surface area contributed by atoms with Crippen LogP contribution in [0.25, 0.3) is 16.6 Å². The summed E-state index contributed by atoms with van der Waals surface area (Å²) in [7, 11) is 3.42. The molecule has 1 aliphatic heterocycles. The molecule has 0 N–H and O–H groups in total. The Morgan fingerprint density at radius 2 is 1.97 bits per heavy atom. The van der Waals surface area contributed by atoms with Crippen LogP contribution in [0.5, 0.6) is 11.5 Å². The number of benzene rings is 2. The molecule has 4 rings (SSSR count). The van der Waals surface area contributed by atoms with Gasteiger partial charge in [0, 0.05) is 30.4 Å². The molecular formula is C27H32N2O3. The van der Waals surface area contributed by atoms with Crippen molar-refractivity contribution in [1.29, 1.82) is 0 Å². The molecule has 0 radical (unpaired) electrons. The minimum absolute atomic E-state index is 0.0903. The molecule has 168 valence electrons. The van der Waals surface area contributed by atoms with Crippen LogP contribution in [0, 0.1) is 5.92 Å². The van der Waals surface area contributed by atoms with Gasteiger partial charge >= 0.3 is 0 Å². The fourth-order valence-electron chi connectivity index (χ4n) is 4.39. The van der Waals surface area contributed by atoms with E-state index in [1.807, 2.05) is 24.3 Å². The summed E-state index contributed by atoms with van der Waals surface area (Å²) in [6.07, 6.45) is 3.01. The van der Waals surface area contributed by atoms with Gasteiger partial charge in [0.1, 0.15) is 0 Å². The van der Waals surface area contributed by atoms with E-state index in [0.717, 1.165) is 48.1 Å². The van der Waals surface area contributed by atoms with Crippen LogP contribution in [-0.2, 0) is 13.5 Å². The Morgan fingerprint density at radius 3 is 2.72 bits per heavy atom. The first-order valence-corrected chi connectivity index (χ1v) is 11.3. The summed E-state index contributed by atoms with van der Waals surface area (Å²) in [6.45, 7) is 10.1. The molecule has 0 saturated heterocycles. The van der Waals surface area contributed by atoms with E-state index in [0.29, 0.717) is 29.6 Å². The van der Waals surface area contributed by atoms with E-state index in [-0.39, 0.29) is 5.56 Å². The van der Waals surface area contributed by atoms with Crippen molar-refractivity contribution in [3.8, 4) is 11.5 Å². The molecule has 1 aromatic heterocycles. The molecule has 0 amide bonds. The largest absolute Gasteiger partial charge is 0.493 e. The number of hydrogen-bond acceptors (Lipinski definition) is 4. The quantitative estimate of drug-likeness (QED) is 0.502. The number of ether oxygens (including phenoxy) is 2. The second-order valence-electron chi connectivity index (χ2n) is 8.82. The Morgan fingerprint density at radius 1 is 1.19 bits per heavy atom. The van der Waals surface area contributed by atoms with Crippen molar-refractivity contribution in [3.63, 3.8) is 0 Å². The third-order valence-electron chi connectivity index (χ3n) is 6.21. The maximum atomic E-state index is 13.5. The molecule has 2 aromatic carbocycles. The van der Waals surface area contributed by atoms with Crippen molar-refractivity contribution in [2.75, 3.05) is 25.2 Å². The number of anilines is 1. The Bertz CT molecular complexity index is 1210. The number of rotatable bonds is 7. The first kappa shape index (κ1) is 22.0. The number of aromatic nitrogens is 1. The summed E-state index contributed by atoms with van der Waals surface area (Å²) >= 11 is 0. The number of pyridine rings is 1. The predicted octanol–water partition coefficient (Wildman–Crippen LogP) is 5.40. The summed E-state index contributed by atoms with van der Waals surface area (Å²) in [5.74, 6) is 1.78. The molecule has 2 heterocycles. The lowest BCUT2D eigenvalue weighted by molar-refractivity contribution is 0.275. The topological polar surface area (TPSA) is 43.7 Å². The average Bonchev–Trinajstić information content (AvgIpc) is 2.80. The zero-order valence-corrected chi connectivity index (χ0v) is 19.5. The molecule has 0 saturated carbocycles. The van der Waals surface area contributed by atoms with Gasteiger partial charge in [0.15, 0.2) is 11.5 Å². The SMILES string of the molecule is C=C(c1cc2ccc(OC)c(OCCC(C)C)c2n(C)c1=O)N1CCCc2ccccc21. The number of nitrogens with zero attached hydrogens (tertiary/aromatic N) is 2. The third-order valence-corrected chi connectivity index (χ3v) is 6.21. The number of para-hydroxylation sites is 1. The van der Waals surface area contributed by atoms with Crippen molar-refractivity contribution < 1.29 is 9.47 Å².